The molecular weight excluding hydrogens is 338 g/mol. The molecule has 0 unspecified atom stereocenters. The van der Waals surface area contributed by atoms with Crippen LogP contribution in [-0.4, -0.2) is 43.5 Å². The van der Waals surface area contributed by atoms with Crippen LogP contribution in [0.2, 0.25) is 0 Å². The molecule has 0 amide bonds. The second kappa shape index (κ2) is 9.05. The Bertz CT molecular complexity index is 796. The zero-order valence-electron chi connectivity index (χ0n) is 16.6. The minimum absolute atomic E-state index is 0.0290. The third kappa shape index (κ3) is 4.01. The Hall–Kier alpha value is -2.33. The number of fused-ring (bicyclic) bond motifs is 3. The Morgan fingerprint density at radius 3 is 2.30 bits per heavy atom. The normalized spacial score (nSPS) is 12.2. The van der Waals surface area contributed by atoms with Gasteiger partial charge in [-0.2, -0.15) is 0 Å². The van der Waals surface area contributed by atoms with E-state index < -0.39 is 0 Å². The minimum atomic E-state index is 0.0290. The molecule has 144 valence electrons. The first-order chi connectivity index (χ1) is 13.2. The summed E-state index contributed by atoms with van der Waals surface area (Å²) in [5, 5.41) is 0. The largest absolute Gasteiger partial charge is 0.490 e. The lowest BCUT2D eigenvalue weighted by Gasteiger charge is -2.19. The summed E-state index contributed by atoms with van der Waals surface area (Å²) in [6, 6.07) is 11.7. The van der Waals surface area contributed by atoms with Crippen LogP contribution in [0.5, 0.6) is 11.5 Å². The van der Waals surface area contributed by atoms with E-state index in [-0.39, 0.29) is 5.78 Å². The molecule has 2 aromatic rings. The molecule has 4 heteroatoms. The number of rotatable bonds is 10. The molecular formula is C23H29NO3. The summed E-state index contributed by atoms with van der Waals surface area (Å²) in [5.74, 6) is 1.29. The van der Waals surface area contributed by atoms with Gasteiger partial charge in [-0.25, -0.2) is 0 Å². The van der Waals surface area contributed by atoms with Crippen molar-refractivity contribution in [3.8, 4) is 22.6 Å². The van der Waals surface area contributed by atoms with Crippen molar-refractivity contribution in [3.05, 3.63) is 47.5 Å². The highest BCUT2D eigenvalue weighted by Gasteiger charge is 2.31. The predicted molar refractivity (Wildman–Crippen MR) is 109 cm³/mol. The summed E-state index contributed by atoms with van der Waals surface area (Å²) in [7, 11) is 0. The average Bonchev–Trinajstić information content (AvgIpc) is 3.00. The van der Waals surface area contributed by atoms with Crippen molar-refractivity contribution < 1.29 is 14.3 Å². The number of ketones is 1. The lowest BCUT2D eigenvalue weighted by Crippen LogP contribution is -2.25. The molecule has 2 aromatic carbocycles. The van der Waals surface area contributed by atoms with Crippen LogP contribution in [0.15, 0.2) is 36.4 Å². The number of carbonyl (C=O) groups excluding carboxylic acids is 1. The van der Waals surface area contributed by atoms with E-state index >= 15 is 0 Å². The van der Waals surface area contributed by atoms with E-state index in [1.807, 2.05) is 36.4 Å². The molecule has 0 atom stereocenters. The molecule has 0 N–H and O–H groups in total. The zero-order valence-corrected chi connectivity index (χ0v) is 16.6. The quantitative estimate of drug-likeness (QED) is 0.483. The van der Waals surface area contributed by atoms with Crippen molar-refractivity contribution in [2.24, 2.45) is 0 Å². The van der Waals surface area contributed by atoms with Crippen molar-refractivity contribution in [2.75, 3.05) is 32.8 Å². The van der Waals surface area contributed by atoms with Crippen LogP contribution in [0.25, 0.3) is 11.1 Å². The first kappa shape index (κ1) is 19.4. The highest BCUT2D eigenvalue weighted by Crippen LogP contribution is 2.45. The predicted octanol–water partition coefficient (Wildman–Crippen LogP) is 4.80. The maximum atomic E-state index is 13.0. The van der Waals surface area contributed by atoms with E-state index in [2.05, 4.69) is 25.7 Å². The molecule has 0 bridgehead atoms. The fourth-order valence-electron chi connectivity index (χ4n) is 3.54. The first-order valence-corrected chi connectivity index (χ1v) is 10.00. The molecule has 0 saturated heterocycles. The standard InChI is InChI=1S/C23H29NO3/c1-4-15-26-20-13-12-18-17-10-7-8-11-19(17)22(25)21(18)23(20)27-16-9-14-24(5-2)6-3/h7-8,10-13H,4-6,9,14-16H2,1-3H3. The van der Waals surface area contributed by atoms with Crippen LogP contribution in [0.1, 0.15) is 49.5 Å². The number of nitrogens with zero attached hydrogens (tertiary/aromatic N) is 1. The Balaban J connectivity index is 1.85. The van der Waals surface area contributed by atoms with Gasteiger partial charge >= 0.3 is 0 Å². The Kier molecular flexibility index (Phi) is 6.51. The van der Waals surface area contributed by atoms with E-state index in [1.54, 1.807) is 0 Å². The van der Waals surface area contributed by atoms with Crippen LogP contribution < -0.4 is 9.47 Å². The molecule has 0 heterocycles. The van der Waals surface area contributed by atoms with Crippen molar-refractivity contribution in [3.63, 3.8) is 0 Å². The van der Waals surface area contributed by atoms with E-state index in [0.717, 1.165) is 49.2 Å². The Morgan fingerprint density at radius 2 is 1.59 bits per heavy atom. The monoisotopic (exact) mass is 367 g/mol. The fraction of sp³-hybridized carbons (Fsp3) is 0.435. The summed E-state index contributed by atoms with van der Waals surface area (Å²) in [5.41, 5.74) is 3.31. The molecule has 0 aromatic heterocycles. The second-order valence-electron chi connectivity index (χ2n) is 6.77. The van der Waals surface area contributed by atoms with Gasteiger partial charge in [0.15, 0.2) is 17.3 Å². The second-order valence-corrected chi connectivity index (χ2v) is 6.77. The average molecular weight is 367 g/mol. The number of benzene rings is 2. The summed E-state index contributed by atoms with van der Waals surface area (Å²) >= 11 is 0. The third-order valence-corrected chi connectivity index (χ3v) is 5.03. The fourth-order valence-corrected chi connectivity index (χ4v) is 3.54. The Labute approximate surface area is 162 Å². The van der Waals surface area contributed by atoms with Crippen LogP contribution >= 0.6 is 0 Å². The summed E-state index contributed by atoms with van der Waals surface area (Å²) in [6.07, 6.45) is 1.83. The van der Waals surface area contributed by atoms with E-state index in [9.17, 15) is 4.79 Å². The van der Waals surface area contributed by atoms with Gasteiger partial charge in [0.25, 0.3) is 0 Å². The molecule has 1 aliphatic carbocycles. The van der Waals surface area contributed by atoms with Gasteiger partial charge in [0, 0.05) is 12.1 Å². The van der Waals surface area contributed by atoms with Gasteiger partial charge in [0.2, 0.25) is 0 Å². The van der Waals surface area contributed by atoms with Crippen molar-refractivity contribution >= 4 is 5.78 Å². The van der Waals surface area contributed by atoms with Crippen molar-refractivity contribution in [1.82, 2.24) is 4.90 Å². The molecule has 0 spiro atoms. The molecule has 0 saturated carbocycles. The van der Waals surface area contributed by atoms with Crippen molar-refractivity contribution in [1.29, 1.82) is 0 Å². The minimum Gasteiger partial charge on any atom is -0.490 e. The van der Waals surface area contributed by atoms with Crippen LogP contribution in [0.4, 0.5) is 0 Å². The lowest BCUT2D eigenvalue weighted by atomic mass is 10.0. The molecule has 1 aliphatic rings. The molecule has 0 aliphatic heterocycles. The zero-order chi connectivity index (χ0) is 19.2. The van der Waals surface area contributed by atoms with Gasteiger partial charge in [0.05, 0.1) is 18.8 Å². The topological polar surface area (TPSA) is 38.8 Å². The number of carbonyl (C=O) groups is 1. The highest BCUT2D eigenvalue weighted by atomic mass is 16.5. The molecule has 27 heavy (non-hydrogen) atoms. The summed E-state index contributed by atoms with van der Waals surface area (Å²) in [6.45, 7) is 10.6. The molecule has 3 rings (SSSR count). The first-order valence-electron chi connectivity index (χ1n) is 10.00. The van der Waals surface area contributed by atoms with Gasteiger partial charge in [-0.3, -0.25) is 4.79 Å². The SMILES string of the molecule is CCCOc1ccc2c(c1OCCCN(CC)CC)C(=O)c1ccccc1-2. The van der Waals surface area contributed by atoms with Gasteiger partial charge in [-0.05, 0) is 49.2 Å². The van der Waals surface area contributed by atoms with Gasteiger partial charge in [-0.1, -0.05) is 45.0 Å². The van der Waals surface area contributed by atoms with Gasteiger partial charge < -0.3 is 14.4 Å². The van der Waals surface area contributed by atoms with Gasteiger partial charge in [0.1, 0.15) is 0 Å². The third-order valence-electron chi connectivity index (χ3n) is 5.03. The maximum Gasteiger partial charge on any atom is 0.198 e. The van der Waals surface area contributed by atoms with E-state index in [1.165, 1.54) is 0 Å². The Morgan fingerprint density at radius 1 is 0.852 bits per heavy atom. The smallest absolute Gasteiger partial charge is 0.198 e. The lowest BCUT2D eigenvalue weighted by molar-refractivity contribution is 0.103. The van der Waals surface area contributed by atoms with Crippen LogP contribution in [0.3, 0.4) is 0 Å². The summed E-state index contributed by atoms with van der Waals surface area (Å²) < 4.78 is 12.0. The highest BCUT2D eigenvalue weighted by molar-refractivity contribution is 6.23. The van der Waals surface area contributed by atoms with Crippen molar-refractivity contribution in [2.45, 2.75) is 33.6 Å². The molecule has 0 fully saturated rings. The van der Waals surface area contributed by atoms with E-state index in [4.69, 9.17) is 9.47 Å². The number of ether oxygens (including phenoxy) is 2. The molecule has 0 radical (unpaired) electrons. The molecule has 4 nitrogen and oxygen atoms in total. The van der Waals surface area contributed by atoms with Crippen LogP contribution in [0, 0.1) is 0 Å². The van der Waals surface area contributed by atoms with Gasteiger partial charge in [-0.15, -0.1) is 0 Å². The summed E-state index contributed by atoms with van der Waals surface area (Å²) in [4.78, 5) is 15.4. The van der Waals surface area contributed by atoms with E-state index in [0.29, 0.717) is 30.3 Å². The number of hydrogen-bond donors (Lipinski definition) is 0. The van der Waals surface area contributed by atoms with Crippen LogP contribution in [-0.2, 0) is 0 Å². The maximum absolute atomic E-state index is 13.0. The number of hydrogen-bond acceptors (Lipinski definition) is 4.